The number of benzene rings is 1. The highest BCUT2D eigenvalue weighted by Crippen LogP contribution is 2.19. The maximum absolute atomic E-state index is 5.86. The van der Waals surface area contributed by atoms with E-state index in [-0.39, 0.29) is 0 Å². The Balaban J connectivity index is 2.15. The van der Waals surface area contributed by atoms with E-state index >= 15 is 0 Å². The average Bonchev–Trinajstić information content (AvgIpc) is 2.73. The minimum atomic E-state index is 0.757. The molecule has 78 valence electrons. The van der Waals surface area contributed by atoms with Crippen LogP contribution >= 0.6 is 11.6 Å². The van der Waals surface area contributed by atoms with E-state index in [4.69, 9.17) is 11.6 Å². The van der Waals surface area contributed by atoms with Gasteiger partial charge in [-0.05, 0) is 30.3 Å². The second-order valence-electron chi connectivity index (χ2n) is 3.67. The molecule has 2 aromatic heterocycles. The fourth-order valence-corrected chi connectivity index (χ4v) is 1.89. The van der Waals surface area contributed by atoms with Crippen molar-refractivity contribution >= 4 is 17.2 Å². The van der Waals surface area contributed by atoms with Gasteiger partial charge in [-0.25, -0.2) is 9.38 Å². The molecule has 1 N–H and O–H groups in total. The lowest BCUT2D eigenvalue weighted by Crippen LogP contribution is -2.15. The first-order valence-electron chi connectivity index (χ1n) is 5.08. The lowest BCUT2D eigenvalue weighted by Gasteiger charge is -1.92. The molecule has 0 spiro atoms. The summed E-state index contributed by atoms with van der Waals surface area (Å²) in [6.45, 7) is 0. The number of nitrogens with zero attached hydrogens (tertiary/aromatic N) is 1. The van der Waals surface area contributed by atoms with Crippen LogP contribution < -0.4 is 4.40 Å². The Bertz CT molecular complexity index is 593. The fraction of sp³-hybridized carbons (Fsp3) is 0. The second-order valence-corrected chi connectivity index (χ2v) is 4.10. The van der Waals surface area contributed by atoms with Gasteiger partial charge in [0.05, 0.1) is 6.20 Å². The quantitative estimate of drug-likeness (QED) is 0.619. The second kappa shape index (κ2) is 3.65. The third-order valence-corrected chi connectivity index (χ3v) is 2.83. The molecule has 1 aromatic carbocycles. The standard InChI is InChI=1S/C13H9ClN2/c14-11-6-4-10(5-7-11)12-9-16-8-2-1-3-13(16)15-12/h1-9H/p+1. The van der Waals surface area contributed by atoms with Crippen LogP contribution in [0.2, 0.25) is 5.02 Å². The van der Waals surface area contributed by atoms with Crippen LogP contribution in [0.4, 0.5) is 0 Å². The minimum absolute atomic E-state index is 0.757. The van der Waals surface area contributed by atoms with Crippen LogP contribution in [0.3, 0.4) is 0 Å². The maximum Gasteiger partial charge on any atom is 0.284 e. The monoisotopic (exact) mass is 229 g/mol. The molecule has 0 amide bonds. The molecule has 16 heavy (non-hydrogen) atoms. The van der Waals surface area contributed by atoms with Crippen LogP contribution in [0.1, 0.15) is 0 Å². The SMILES string of the molecule is Clc1ccc(-c2c[n+]3ccccc3[nH]2)cc1. The molecule has 0 saturated carbocycles. The summed E-state index contributed by atoms with van der Waals surface area (Å²) in [4.78, 5) is 3.35. The highest BCUT2D eigenvalue weighted by molar-refractivity contribution is 6.30. The topological polar surface area (TPSA) is 19.9 Å². The minimum Gasteiger partial charge on any atom is -0.237 e. The third kappa shape index (κ3) is 1.57. The Hall–Kier alpha value is -1.80. The van der Waals surface area contributed by atoms with E-state index in [2.05, 4.69) is 15.6 Å². The Morgan fingerprint density at radius 2 is 1.81 bits per heavy atom. The molecule has 0 radical (unpaired) electrons. The van der Waals surface area contributed by atoms with Crippen LogP contribution in [-0.4, -0.2) is 4.98 Å². The van der Waals surface area contributed by atoms with Gasteiger partial charge in [0, 0.05) is 16.7 Å². The number of hydrogen-bond acceptors (Lipinski definition) is 0. The van der Waals surface area contributed by atoms with Crippen LogP contribution in [-0.2, 0) is 0 Å². The van der Waals surface area contributed by atoms with Crippen molar-refractivity contribution in [1.82, 2.24) is 4.98 Å². The number of aromatic nitrogens is 2. The number of fused-ring (bicyclic) bond motifs is 1. The lowest BCUT2D eigenvalue weighted by molar-refractivity contribution is -0.509. The Morgan fingerprint density at radius 1 is 1.00 bits per heavy atom. The normalized spacial score (nSPS) is 10.8. The smallest absolute Gasteiger partial charge is 0.237 e. The van der Waals surface area contributed by atoms with Gasteiger partial charge in [-0.3, -0.25) is 0 Å². The average molecular weight is 230 g/mol. The van der Waals surface area contributed by atoms with Crippen molar-refractivity contribution in [3.63, 3.8) is 0 Å². The van der Waals surface area contributed by atoms with E-state index in [9.17, 15) is 0 Å². The van der Waals surface area contributed by atoms with Gasteiger partial charge in [-0.15, -0.1) is 0 Å². The molecule has 3 heteroatoms. The van der Waals surface area contributed by atoms with Gasteiger partial charge >= 0.3 is 0 Å². The highest BCUT2D eigenvalue weighted by Gasteiger charge is 2.09. The first-order chi connectivity index (χ1) is 7.83. The Labute approximate surface area is 98.1 Å². The molecule has 3 aromatic rings. The van der Waals surface area contributed by atoms with Crippen molar-refractivity contribution in [3.8, 4) is 11.3 Å². The van der Waals surface area contributed by atoms with Crippen LogP contribution in [0.25, 0.3) is 16.9 Å². The fourth-order valence-electron chi connectivity index (χ4n) is 1.76. The van der Waals surface area contributed by atoms with Gasteiger partial charge in [-0.2, -0.15) is 0 Å². The number of nitrogens with one attached hydrogen (secondary N) is 1. The molecule has 2 heterocycles. The summed E-state index contributed by atoms with van der Waals surface area (Å²) >= 11 is 5.86. The largest absolute Gasteiger partial charge is 0.284 e. The van der Waals surface area contributed by atoms with Crippen molar-refractivity contribution in [3.05, 3.63) is 59.9 Å². The molecule has 0 aliphatic rings. The maximum atomic E-state index is 5.86. The summed E-state index contributed by atoms with van der Waals surface area (Å²) in [6.07, 6.45) is 4.09. The molecule has 0 aliphatic carbocycles. The van der Waals surface area contributed by atoms with Gasteiger partial charge < -0.3 is 0 Å². The molecule has 0 fully saturated rings. The summed E-state index contributed by atoms with van der Waals surface area (Å²) in [5.41, 5.74) is 3.29. The zero-order chi connectivity index (χ0) is 11.0. The molecule has 0 bridgehead atoms. The predicted octanol–water partition coefficient (Wildman–Crippen LogP) is 3.07. The number of hydrogen-bond donors (Lipinski definition) is 1. The molecule has 0 atom stereocenters. The number of aromatic amines is 1. The number of H-pyrrole nitrogens is 1. The zero-order valence-electron chi connectivity index (χ0n) is 8.52. The summed E-state index contributed by atoms with van der Waals surface area (Å²) in [5.74, 6) is 0. The molecule has 0 aliphatic heterocycles. The van der Waals surface area contributed by atoms with Gasteiger partial charge in [-0.1, -0.05) is 17.7 Å². The van der Waals surface area contributed by atoms with E-state index in [1.165, 1.54) is 0 Å². The highest BCUT2D eigenvalue weighted by atomic mass is 35.5. The summed E-state index contributed by atoms with van der Waals surface area (Å²) in [7, 11) is 0. The first kappa shape index (κ1) is 9.43. The van der Waals surface area contributed by atoms with Crippen molar-refractivity contribution in [2.75, 3.05) is 0 Å². The van der Waals surface area contributed by atoms with Crippen molar-refractivity contribution < 1.29 is 4.40 Å². The number of pyridine rings is 1. The van der Waals surface area contributed by atoms with Gasteiger partial charge in [0.2, 0.25) is 0 Å². The lowest BCUT2D eigenvalue weighted by atomic mass is 10.2. The van der Waals surface area contributed by atoms with E-state index in [1.807, 2.05) is 48.7 Å². The molecule has 3 rings (SSSR count). The summed E-state index contributed by atoms with van der Waals surface area (Å²) in [5, 5.41) is 0.757. The Morgan fingerprint density at radius 3 is 2.56 bits per heavy atom. The van der Waals surface area contributed by atoms with Gasteiger partial charge in [0.1, 0.15) is 6.20 Å². The molecule has 2 nitrogen and oxygen atoms in total. The van der Waals surface area contributed by atoms with Crippen molar-refractivity contribution in [2.45, 2.75) is 0 Å². The van der Waals surface area contributed by atoms with E-state index < -0.39 is 0 Å². The number of halogens is 1. The molecular weight excluding hydrogens is 220 g/mol. The van der Waals surface area contributed by atoms with E-state index in [0.29, 0.717) is 0 Å². The molecule has 0 saturated heterocycles. The van der Waals surface area contributed by atoms with Crippen molar-refractivity contribution in [2.24, 2.45) is 0 Å². The van der Waals surface area contributed by atoms with E-state index in [0.717, 1.165) is 21.9 Å². The molecular formula is C13H10ClN2+. The summed E-state index contributed by atoms with van der Waals surface area (Å²) < 4.78 is 2.06. The Kier molecular flexibility index (Phi) is 2.15. The van der Waals surface area contributed by atoms with Gasteiger partial charge in [0.15, 0.2) is 5.69 Å². The molecule has 0 unspecified atom stereocenters. The first-order valence-corrected chi connectivity index (χ1v) is 5.46. The zero-order valence-corrected chi connectivity index (χ0v) is 9.28. The number of imidazole rings is 1. The van der Waals surface area contributed by atoms with E-state index in [1.54, 1.807) is 0 Å². The third-order valence-electron chi connectivity index (χ3n) is 2.58. The van der Waals surface area contributed by atoms with Crippen LogP contribution in [0.15, 0.2) is 54.9 Å². The summed E-state index contributed by atoms with van der Waals surface area (Å²) in [6, 6.07) is 13.9. The van der Waals surface area contributed by atoms with Crippen LogP contribution in [0, 0.1) is 0 Å². The number of rotatable bonds is 1. The van der Waals surface area contributed by atoms with Crippen LogP contribution in [0.5, 0.6) is 0 Å². The van der Waals surface area contributed by atoms with Gasteiger partial charge in [0.25, 0.3) is 5.65 Å². The predicted molar refractivity (Wildman–Crippen MR) is 64.4 cm³/mol. The van der Waals surface area contributed by atoms with Crippen molar-refractivity contribution in [1.29, 1.82) is 0 Å².